The second-order valence-electron chi connectivity index (χ2n) is 8.75. The van der Waals surface area contributed by atoms with Gasteiger partial charge in [-0.2, -0.15) is 0 Å². The number of hydrogen-bond acceptors (Lipinski definition) is 8. The normalized spacial score (nSPS) is 11.6. The monoisotopic (exact) mass is 627 g/mol. The second-order valence-corrected chi connectivity index (χ2v) is 12.1. The highest BCUT2D eigenvalue weighted by Gasteiger charge is 2.31. The predicted molar refractivity (Wildman–Crippen MR) is 149 cm³/mol. The number of carbonyl (C=O) groups is 2. The summed E-state index contributed by atoms with van der Waals surface area (Å²) >= 11 is 0. The van der Waals surface area contributed by atoms with Crippen LogP contribution in [0.4, 0.5) is 25.8 Å². The molecule has 0 aliphatic heterocycles. The zero-order chi connectivity index (χ0) is 30.8. The van der Waals surface area contributed by atoms with Crippen LogP contribution in [0.5, 0.6) is 0 Å². The van der Waals surface area contributed by atoms with Crippen LogP contribution < -0.4 is 14.3 Å². The number of benzene rings is 3. The van der Waals surface area contributed by atoms with Crippen molar-refractivity contribution in [2.75, 3.05) is 14.3 Å². The average molecular weight is 628 g/mol. The Bertz CT molecular complexity index is 1950. The molecule has 0 aliphatic rings. The summed E-state index contributed by atoms with van der Waals surface area (Å²) in [5.74, 6) is -3.75. The van der Waals surface area contributed by atoms with Gasteiger partial charge in [0.05, 0.1) is 39.4 Å². The fourth-order valence-corrected chi connectivity index (χ4v) is 5.98. The summed E-state index contributed by atoms with van der Waals surface area (Å²) in [4.78, 5) is 26.7. The van der Waals surface area contributed by atoms with Gasteiger partial charge in [-0.15, -0.1) is 0 Å². The summed E-state index contributed by atoms with van der Waals surface area (Å²) in [6.07, 6.45) is 2.41. The maximum absolute atomic E-state index is 13.5. The Morgan fingerprint density at radius 3 is 1.47 bits per heavy atom. The van der Waals surface area contributed by atoms with E-state index in [4.69, 9.17) is 8.83 Å². The Kier molecular flexibility index (Phi) is 7.84. The highest BCUT2D eigenvalue weighted by atomic mass is 32.2. The van der Waals surface area contributed by atoms with Gasteiger partial charge in [-0.1, -0.05) is 0 Å². The van der Waals surface area contributed by atoms with Crippen molar-refractivity contribution in [1.29, 1.82) is 0 Å². The molecule has 5 aromatic rings. The van der Waals surface area contributed by atoms with Gasteiger partial charge < -0.3 is 8.83 Å². The van der Waals surface area contributed by atoms with E-state index in [0.29, 0.717) is 4.90 Å². The predicted octanol–water partition coefficient (Wildman–Crippen LogP) is 5.24. The third-order valence-corrected chi connectivity index (χ3v) is 8.63. The van der Waals surface area contributed by atoms with E-state index < -0.39 is 49.2 Å². The molecule has 3 aromatic carbocycles. The molecule has 11 nitrogen and oxygen atoms in total. The van der Waals surface area contributed by atoms with Crippen LogP contribution in [0.25, 0.3) is 0 Å². The lowest BCUT2D eigenvalue weighted by molar-refractivity contribution is 0.0867. The number of halogens is 2. The van der Waals surface area contributed by atoms with Crippen LogP contribution in [0.3, 0.4) is 0 Å². The minimum Gasteiger partial charge on any atom is -0.459 e. The molecular formula is C28H19F2N3O8S2. The third kappa shape index (κ3) is 6.32. The standard InChI is InChI=1S/C28H19F2N3O8S2/c29-18-5-10-21(11-6-18)42(36,37)31-23-14-9-20(17-24(23)32-43(38,39)22-12-7-19(30)8-13-22)33(27(34)25-3-1-15-40-25)28(35)26-4-2-16-41-26/h1-17,31-32H. The number of furan rings is 2. The fourth-order valence-electron chi connectivity index (χ4n) is 3.83. The van der Waals surface area contributed by atoms with Crippen LogP contribution in [0, 0.1) is 11.6 Å². The molecule has 0 bridgehead atoms. The summed E-state index contributed by atoms with van der Waals surface area (Å²) in [5.41, 5.74) is -0.948. The van der Waals surface area contributed by atoms with Gasteiger partial charge in [0, 0.05) is 0 Å². The molecule has 15 heteroatoms. The molecule has 5 rings (SSSR count). The lowest BCUT2D eigenvalue weighted by atomic mass is 10.2. The molecule has 220 valence electrons. The summed E-state index contributed by atoms with van der Waals surface area (Å²) < 4.78 is 94.3. The van der Waals surface area contributed by atoms with Crippen molar-refractivity contribution >= 4 is 48.9 Å². The van der Waals surface area contributed by atoms with Crippen LogP contribution in [0.15, 0.2) is 122 Å². The molecule has 0 aliphatic carbocycles. The maximum Gasteiger partial charge on any atom is 0.301 e. The van der Waals surface area contributed by atoms with Crippen molar-refractivity contribution in [3.63, 3.8) is 0 Å². The average Bonchev–Trinajstić information content (AvgIpc) is 3.70. The first-order valence-corrected chi connectivity index (χ1v) is 15.1. The van der Waals surface area contributed by atoms with Crippen LogP contribution in [0.1, 0.15) is 21.1 Å². The van der Waals surface area contributed by atoms with E-state index in [2.05, 4.69) is 9.44 Å². The molecule has 2 N–H and O–H groups in total. The van der Waals surface area contributed by atoms with Crippen molar-refractivity contribution < 1.29 is 44.0 Å². The van der Waals surface area contributed by atoms with E-state index in [1.54, 1.807) is 0 Å². The lowest BCUT2D eigenvalue weighted by Crippen LogP contribution is -2.36. The smallest absolute Gasteiger partial charge is 0.301 e. The first-order valence-electron chi connectivity index (χ1n) is 12.1. The van der Waals surface area contributed by atoms with E-state index in [0.717, 1.165) is 60.7 Å². The van der Waals surface area contributed by atoms with E-state index >= 15 is 0 Å². The zero-order valence-corrected chi connectivity index (χ0v) is 23.2. The van der Waals surface area contributed by atoms with E-state index in [9.17, 15) is 35.2 Å². The number of nitrogens with one attached hydrogen (secondary N) is 2. The van der Waals surface area contributed by atoms with Crippen molar-refractivity contribution in [2.24, 2.45) is 0 Å². The molecule has 0 spiro atoms. The van der Waals surface area contributed by atoms with Crippen molar-refractivity contribution in [3.05, 3.63) is 127 Å². The highest BCUT2D eigenvalue weighted by molar-refractivity contribution is 7.93. The molecule has 2 amide bonds. The van der Waals surface area contributed by atoms with Crippen molar-refractivity contribution in [2.45, 2.75) is 9.79 Å². The molecule has 2 heterocycles. The summed E-state index contributed by atoms with van der Waals surface area (Å²) in [6.45, 7) is 0. The zero-order valence-electron chi connectivity index (χ0n) is 21.6. The first kappa shape index (κ1) is 29.2. The van der Waals surface area contributed by atoms with Gasteiger partial charge in [0.25, 0.3) is 20.0 Å². The SMILES string of the molecule is O=C(c1ccco1)N(C(=O)c1ccco1)c1ccc(NS(=O)(=O)c2ccc(F)cc2)c(NS(=O)(=O)c2ccc(F)cc2)c1. The van der Waals surface area contributed by atoms with Gasteiger partial charge in [0.15, 0.2) is 11.5 Å². The summed E-state index contributed by atoms with van der Waals surface area (Å²) in [5, 5.41) is 0. The number of amides is 2. The number of sulfonamides is 2. The number of nitrogens with zero attached hydrogens (tertiary/aromatic N) is 1. The Morgan fingerprint density at radius 1 is 0.605 bits per heavy atom. The Balaban J connectivity index is 1.62. The highest BCUT2D eigenvalue weighted by Crippen LogP contribution is 2.33. The minimum atomic E-state index is -4.47. The number of hydrogen-bond donors (Lipinski definition) is 2. The topological polar surface area (TPSA) is 156 Å². The second kappa shape index (κ2) is 11.5. The summed E-state index contributed by atoms with van der Waals surface area (Å²) in [6, 6.07) is 16.4. The van der Waals surface area contributed by atoms with Crippen LogP contribution >= 0.6 is 0 Å². The van der Waals surface area contributed by atoms with Gasteiger partial charge in [0.2, 0.25) is 0 Å². The molecule has 0 saturated heterocycles. The van der Waals surface area contributed by atoms with Crippen LogP contribution in [-0.2, 0) is 20.0 Å². The van der Waals surface area contributed by atoms with Gasteiger partial charge in [-0.25, -0.2) is 30.5 Å². The molecule has 0 saturated carbocycles. The van der Waals surface area contributed by atoms with Gasteiger partial charge in [-0.3, -0.25) is 19.0 Å². The minimum absolute atomic E-state index is 0.204. The third-order valence-electron chi connectivity index (χ3n) is 5.87. The van der Waals surface area contributed by atoms with E-state index in [1.165, 1.54) is 42.9 Å². The molecule has 2 aromatic heterocycles. The van der Waals surface area contributed by atoms with Crippen molar-refractivity contribution in [3.8, 4) is 0 Å². The Morgan fingerprint density at radius 2 is 1.05 bits per heavy atom. The van der Waals surface area contributed by atoms with Gasteiger partial charge in [-0.05, 0) is 91.0 Å². The first-order chi connectivity index (χ1) is 20.4. The summed E-state index contributed by atoms with van der Waals surface area (Å²) in [7, 11) is -8.87. The Labute approximate surface area is 243 Å². The molecule has 0 fully saturated rings. The lowest BCUT2D eigenvalue weighted by Gasteiger charge is -2.22. The number of imide groups is 1. The molecule has 0 unspecified atom stereocenters. The largest absolute Gasteiger partial charge is 0.459 e. The Hall–Kier alpha value is -5.28. The van der Waals surface area contributed by atoms with Crippen LogP contribution in [0.2, 0.25) is 0 Å². The fraction of sp³-hybridized carbons (Fsp3) is 0. The van der Waals surface area contributed by atoms with Crippen molar-refractivity contribution in [1.82, 2.24) is 0 Å². The molecular weight excluding hydrogens is 608 g/mol. The van der Waals surface area contributed by atoms with Gasteiger partial charge in [0.1, 0.15) is 11.6 Å². The number of anilines is 3. The molecule has 0 radical (unpaired) electrons. The van der Waals surface area contributed by atoms with Crippen LogP contribution in [-0.4, -0.2) is 28.6 Å². The number of rotatable bonds is 9. The van der Waals surface area contributed by atoms with E-state index in [1.807, 2.05) is 0 Å². The molecule has 43 heavy (non-hydrogen) atoms. The maximum atomic E-state index is 13.5. The van der Waals surface area contributed by atoms with E-state index in [-0.39, 0.29) is 32.7 Å². The molecule has 0 atom stereocenters. The quantitative estimate of drug-likeness (QED) is 0.210. The van der Waals surface area contributed by atoms with Gasteiger partial charge >= 0.3 is 11.8 Å². The number of carbonyl (C=O) groups excluding carboxylic acids is 2.